The fraction of sp³-hybridized carbons (Fsp3) is 0.556. The topological polar surface area (TPSA) is 58.2 Å². The van der Waals surface area contributed by atoms with E-state index in [-0.39, 0.29) is 12.2 Å². The Kier molecular flexibility index (Phi) is 7.84. The van der Waals surface area contributed by atoms with E-state index in [2.05, 4.69) is 5.48 Å². The van der Waals surface area contributed by atoms with Crippen LogP contribution in [0.25, 0.3) is 0 Å². The molecular weight excluding hydrogens is 310 g/mol. The van der Waals surface area contributed by atoms with Gasteiger partial charge in [0.1, 0.15) is 12.2 Å². The van der Waals surface area contributed by atoms with E-state index in [0.29, 0.717) is 26.4 Å². The number of benzene rings is 1. The first kappa shape index (κ1) is 19.1. The van der Waals surface area contributed by atoms with Gasteiger partial charge < -0.3 is 18.9 Å². The number of ether oxygens (including phenoxy) is 4. The molecule has 0 saturated carbocycles. The molecular formula is C18H27NO5. The normalized spacial score (nSPS) is 23.1. The molecule has 134 valence electrons. The molecule has 1 N–H and O–H groups in total. The first-order valence-corrected chi connectivity index (χ1v) is 8.06. The first-order valence-electron chi connectivity index (χ1n) is 8.06. The van der Waals surface area contributed by atoms with Crippen LogP contribution in [-0.4, -0.2) is 52.0 Å². The van der Waals surface area contributed by atoms with E-state index in [0.717, 1.165) is 0 Å². The van der Waals surface area contributed by atoms with Crippen molar-refractivity contribution in [3.05, 3.63) is 48.0 Å². The Morgan fingerprint density at radius 3 is 2.29 bits per heavy atom. The van der Waals surface area contributed by atoms with E-state index in [9.17, 15) is 0 Å². The highest BCUT2D eigenvalue weighted by Crippen LogP contribution is 2.30. The second kappa shape index (κ2) is 9.88. The molecule has 2 atom stereocenters. The van der Waals surface area contributed by atoms with Gasteiger partial charge in [-0.3, -0.25) is 4.84 Å². The molecule has 0 unspecified atom stereocenters. The molecule has 0 aromatic heterocycles. The third kappa shape index (κ3) is 5.98. The van der Waals surface area contributed by atoms with Crippen molar-refractivity contribution in [2.24, 2.45) is 0 Å². The first-order chi connectivity index (χ1) is 11.7. The lowest BCUT2D eigenvalue weighted by molar-refractivity contribution is -0.130. The summed E-state index contributed by atoms with van der Waals surface area (Å²) in [5, 5.41) is 0. The van der Waals surface area contributed by atoms with E-state index in [1.54, 1.807) is 14.2 Å². The van der Waals surface area contributed by atoms with Crippen LogP contribution in [0.4, 0.5) is 0 Å². The summed E-state index contributed by atoms with van der Waals surface area (Å²) in [6, 6.07) is 10.1. The monoisotopic (exact) mass is 337 g/mol. The second-order valence-corrected chi connectivity index (χ2v) is 5.76. The Morgan fingerprint density at radius 1 is 1.08 bits per heavy atom. The Bertz CT molecular complexity index is 479. The van der Waals surface area contributed by atoms with Gasteiger partial charge in [-0.1, -0.05) is 36.4 Å². The average molecular weight is 337 g/mol. The Labute approximate surface area is 143 Å². The predicted molar refractivity (Wildman–Crippen MR) is 90.3 cm³/mol. The maximum Gasteiger partial charge on any atom is 0.186 e. The zero-order valence-corrected chi connectivity index (χ0v) is 14.6. The van der Waals surface area contributed by atoms with Crippen molar-refractivity contribution in [1.82, 2.24) is 5.48 Å². The van der Waals surface area contributed by atoms with Crippen LogP contribution in [-0.2, 0) is 30.3 Å². The van der Waals surface area contributed by atoms with Crippen LogP contribution >= 0.6 is 0 Å². The fourth-order valence-corrected chi connectivity index (χ4v) is 2.57. The van der Waals surface area contributed by atoms with Gasteiger partial charge in [-0.25, -0.2) is 0 Å². The van der Waals surface area contributed by atoms with Gasteiger partial charge in [0.2, 0.25) is 0 Å². The van der Waals surface area contributed by atoms with Crippen LogP contribution in [0.2, 0.25) is 0 Å². The molecule has 0 amide bonds. The molecule has 1 aliphatic heterocycles. The van der Waals surface area contributed by atoms with Crippen molar-refractivity contribution >= 4 is 0 Å². The Hall–Kier alpha value is -1.28. The number of methoxy groups -OCH3 is 2. The summed E-state index contributed by atoms with van der Waals surface area (Å²) in [5.41, 5.74) is 4.09. The third-order valence-electron chi connectivity index (χ3n) is 3.67. The lowest BCUT2D eigenvalue weighted by Gasteiger charge is -2.19. The minimum atomic E-state index is -0.796. The number of hydroxylamine groups is 1. The van der Waals surface area contributed by atoms with Crippen molar-refractivity contribution in [2.75, 3.05) is 34.0 Å². The molecule has 1 aromatic rings. The lowest BCUT2D eigenvalue weighted by Crippen LogP contribution is -2.30. The van der Waals surface area contributed by atoms with Crippen LogP contribution in [0.1, 0.15) is 12.5 Å². The largest absolute Gasteiger partial charge is 0.382 e. The van der Waals surface area contributed by atoms with Crippen molar-refractivity contribution in [3.8, 4) is 0 Å². The summed E-state index contributed by atoms with van der Waals surface area (Å²) in [6.45, 7) is 3.88. The van der Waals surface area contributed by atoms with Crippen LogP contribution in [0.3, 0.4) is 0 Å². The highest BCUT2D eigenvalue weighted by atomic mass is 16.8. The molecule has 24 heavy (non-hydrogen) atoms. The second-order valence-electron chi connectivity index (χ2n) is 5.76. The van der Waals surface area contributed by atoms with Gasteiger partial charge in [-0.15, -0.1) is 0 Å². The van der Waals surface area contributed by atoms with Gasteiger partial charge in [-0.2, -0.15) is 5.48 Å². The van der Waals surface area contributed by atoms with Gasteiger partial charge in [0.15, 0.2) is 5.79 Å². The molecule has 0 radical (unpaired) electrons. The molecule has 2 rings (SSSR count). The molecule has 0 bridgehead atoms. The number of hydrogen-bond acceptors (Lipinski definition) is 6. The summed E-state index contributed by atoms with van der Waals surface area (Å²) in [7, 11) is 3.29. The zero-order valence-electron chi connectivity index (χ0n) is 14.6. The zero-order chi connectivity index (χ0) is 17.3. The van der Waals surface area contributed by atoms with Crippen LogP contribution in [0.5, 0.6) is 0 Å². The third-order valence-corrected chi connectivity index (χ3v) is 3.67. The van der Waals surface area contributed by atoms with Gasteiger partial charge in [0, 0.05) is 20.8 Å². The predicted octanol–water partition coefficient (Wildman–Crippen LogP) is 2.06. The summed E-state index contributed by atoms with van der Waals surface area (Å²) in [4.78, 5) is 5.39. The van der Waals surface area contributed by atoms with Gasteiger partial charge in [-0.05, 0) is 18.6 Å². The van der Waals surface area contributed by atoms with Crippen molar-refractivity contribution in [3.63, 3.8) is 0 Å². The average Bonchev–Trinajstić information content (AvgIpc) is 2.89. The Morgan fingerprint density at radius 2 is 1.71 bits per heavy atom. The van der Waals surface area contributed by atoms with Crippen molar-refractivity contribution < 1.29 is 23.8 Å². The summed E-state index contributed by atoms with van der Waals surface area (Å²) in [5.74, 6) is -0.796. The van der Waals surface area contributed by atoms with Gasteiger partial charge in [0.25, 0.3) is 0 Å². The van der Waals surface area contributed by atoms with E-state index in [4.69, 9.17) is 23.8 Å². The molecule has 6 nitrogen and oxygen atoms in total. The molecule has 1 saturated heterocycles. The molecule has 1 aromatic carbocycles. The molecule has 0 aliphatic carbocycles. The number of hydrogen-bond donors (Lipinski definition) is 1. The smallest absolute Gasteiger partial charge is 0.186 e. The molecule has 1 heterocycles. The van der Waals surface area contributed by atoms with Crippen LogP contribution in [0, 0.1) is 0 Å². The summed E-state index contributed by atoms with van der Waals surface area (Å²) >= 11 is 0. The lowest BCUT2D eigenvalue weighted by atomic mass is 10.2. The van der Waals surface area contributed by atoms with Crippen LogP contribution < -0.4 is 5.48 Å². The molecule has 1 fully saturated rings. The maximum atomic E-state index is 5.94. The van der Waals surface area contributed by atoms with E-state index < -0.39 is 5.79 Å². The van der Waals surface area contributed by atoms with E-state index in [1.165, 1.54) is 5.56 Å². The SMILES string of the molecule is COC[C@@H]1OC(C)(/C=C/CONCc2ccccc2)O[C@H]1COC. The number of nitrogens with one attached hydrogen (secondary N) is 1. The standard InChI is InChI=1S/C18H27NO5/c1-18(23-16(13-20-2)17(24-18)14-21-3)10-7-11-22-19-12-15-8-5-4-6-9-15/h4-10,16-17,19H,11-14H2,1-3H3/b10-7+/t16-,17-/m0/s1. The van der Waals surface area contributed by atoms with Crippen molar-refractivity contribution in [2.45, 2.75) is 31.5 Å². The molecule has 6 heteroatoms. The molecule has 1 aliphatic rings. The van der Waals surface area contributed by atoms with Crippen molar-refractivity contribution in [1.29, 1.82) is 0 Å². The maximum absolute atomic E-state index is 5.94. The van der Waals surface area contributed by atoms with Gasteiger partial charge >= 0.3 is 0 Å². The number of rotatable bonds is 10. The molecule has 0 spiro atoms. The van der Waals surface area contributed by atoms with E-state index >= 15 is 0 Å². The van der Waals surface area contributed by atoms with E-state index in [1.807, 2.05) is 49.4 Å². The van der Waals surface area contributed by atoms with Gasteiger partial charge in [0.05, 0.1) is 19.8 Å². The highest BCUT2D eigenvalue weighted by Gasteiger charge is 2.42. The summed E-state index contributed by atoms with van der Waals surface area (Å²) < 4.78 is 22.2. The minimum absolute atomic E-state index is 0.151. The Balaban J connectivity index is 1.72. The highest BCUT2D eigenvalue weighted by molar-refractivity contribution is 5.13. The quantitative estimate of drug-likeness (QED) is 0.401. The van der Waals surface area contributed by atoms with Crippen LogP contribution in [0.15, 0.2) is 42.5 Å². The minimum Gasteiger partial charge on any atom is -0.382 e. The fourth-order valence-electron chi connectivity index (χ4n) is 2.57. The summed E-state index contributed by atoms with van der Waals surface area (Å²) in [6.07, 6.45) is 3.43.